The van der Waals surface area contributed by atoms with Crippen molar-refractivity contribution in [2.45, 2.75) is 32.2 Å². The quantitative estimate of drug-likeness (QED) is 0.768. The Balaban J connectivity index is 2.20. The fourth-order valence-corrected chi connectivity index (χ4v) is 2.55. The molecule has 2 rings (SSSR count). The van der Waals surface area contributed by atoms with Crippen LogP contribution in [0.15, 0.2) is 16.7 Å². The molecule has 0 saturated heterocycles. The van der Waals surface area contributed by atoms with E-state index in [1.165, 1.54) is 24.8 Å². The number of hydrogen-bond donors (Lipinski definition) is 0. The predicted octanol–water partition coefficient (Wildman–Crippen LogP) is 3.91. The second-order valence-corrected chi connectivity index (χ2v) is 5.91. The van der Waals surface area contributed by atoms with Gasteiger partial charge in [0.05, 0.1) is 0 Å². The molecule has 0 spiro atoms. The summed E-state index contributed by atoms with van der Waals surface area (Å²) in [4.78, 5) is 6.95. The van der Waals surface area contributed by atoms with E-state index in [1.807, 2.05) is 6.20 Å². The van der Waals surface area contributed by atoms with E-state index in [-0.39, 0.29) is 0 Å². The third-order valence-electron chi connectivity index (χ3n) is 3.17. The number of alkyl halides is 1. The summed E-state index contributed by atoms with van der Waals surface area (Å²) in [5.74, 6) is 1.12. The maximum Gasteiger partial charge on any atom is 0.129 e. The average molecular weight is 348 g/mol. The highest BCUT2D eigenvalue weighted by atomic mass is 79.9. The molecule has 0 bridgehead atoms. The minimum absolute atomic E-state index is 0.700. The Hall–Kier alpha value is -0.0900. The molecule has 16 heavy (non-hydrogen) atoms. The van der Waals surface area contributed by atoms with E-state index >= 15 is 0 Å². The van der Waals surface area contributed by atoms with Crippen LogP contribution in [0.2, 0.25) is 0 Å². The Labute approximate surface area is 114 Å². The van der Waals surface area contributed by atoms with Gasteiger partial charge in [0.25, 0.3) is 0 Å². The molecule has 2 nitrogen and oxygen atoms in total. The second kappa shape index (κ2) is 5.50. The first-order chi connectivity index (χ1) is 7.72. The number of hydrogen-bond acceptors (Lipinski definition) is 2. The first-order valence-corrected chi connectivity index (χ1v) is 7.58. The summed E-state index contributed by atoms with van der Waals surface area (Å²) >= 11 is 7.02. The van der Waals surface area contributed by atoms with Gasteiger partial charge < -0.3 is 4.90 Å². The topological polar surface area (TPSA) is 16.1 Å². The molecule has 88 valence electrons. The van der Waals surface area contributed by atoms with E-state index < -0.39 is 0 Å². The summed E-state index contributed by atoms with van der Waals surface area (Å²) in [6.45, 7) is 3.15. The molecule has 0 unspecified atom stereocenters. The largest absolute Gasteiger partial charge is 0.353 e. The van der Waals surface area contributed by atoms with Crippen molar-refractivity contribution in [2.75, 3.05) is 16.8 Å². The fraction of sp³-hybridized carbons (Fsp3) is 0.583. The SMILES string of the molecule is Cc1cc(N(CCBr)C2CCC2)ncc1Br. The van der Waals surface area contributed by atoms with Crippen molar-refractivity contribution in [3.05, 3.63) is 22.3 Å². The Bertz CT molecular complexity index is 364. The number of nitrogens with zero attached hydrogens (tertiary/aromatic N) is 2. The van der Waals surface area contributed by atoms with Crippen molar-refractivity contribution in [1.82, 2.24) is 4.98 Å². The molecule has 1 aromatic heterocycles. The van der Waals surface area contributed by atoms with Crippen molar-refractivity contribution >= 4 is 37.7 Å². The lowest BCUT2D eigenvalue weighted by atomic mass is 9.91. The summed E-state index contributed by atoms with van der Waals surface area (Å²) < 4.78 is 1.09. The summed E-state index contributed by atoms with van der Waals surface area (Å²) in [6.07, 6.45) is 5.89. The van der Waals surface area contributed by atoms with Crippen molar-refractivity contribution in [3.8, 4) is 0 Å². The van der Waals surface area contributed by atoms with Gasteiger partial charge in [-0.25, -0.2) is 4.98 Å². The van der Waals surface area contributed by atoms with Crippen LogP contribution in [0.3, 0.4) is 0 Å². The van der Waals surface area contributed by atoms with Crippen LogP contribution in [0.1, 0.15) is 24.8 Å². The summed E-state index contributed by atoms with van der Waals surface area (Å²) in [7, 11) is 0. The number of aromatic nitrogens is 1. The smallest absolute Gasteiger partial charge is 0.129 e. The lowest BCUT2D eigenvalue weighted by Gasteiger charge is -2.38. The molecule has 0 aromatic carbocycles. The maximum absolute atomic E-state index is 4.52. The van der Waals surface area contributed by atoms with E-state index in [2.05, 4.69) is 54.7 Å². The molecular formula is C12H16Br2N2. The van der Waals surface area contributed by atoms with Gasteiger partial charge in [0.15, 0.2) is 0 Å². The standard InChI is InChI=1S/C12H16Br2N2/c1-9-7-12(15-8-11(9)14)16(6-5-13)10-3-2-4-10/h7-8,10H,2-6H2,1H3. The fourth-order valence-electron chi connectivity index (χ4n) is 1.96. The third kappa shape index (κ3) is 2.59. The Morgan fingerprint density at radius 2 is 2.25 bits per heavy atom. The highest BCUT2D eigenvalue weighted by Gasteiger charge is 2.25. The van der Waals surface area contributed by atoms with Gasteiger partial charge in [-0.2, -0.15) is 0 Å². The van der Waals surface area contributed by atoms with Crippen LogP contribution in [0.25, 0.3) is 0 Å². The third-order valence-corrected chi connectivity index (χ3v) is 4.35. The highest BCUT2D eigenvalue weighted by Crippen LogP contribution is 2.29. The maximum atomic E-state index is 4.52. The van der Waals surface area contributed by atoms with Crippen molar-refractivity contribution in [3.63, 3.8) is 0 Å². The van der Waals surface area contributed by atoms with E-state index in [0.29, 0.717) is 6.04 Å². The minimum Gasteiger partial charge on any atom is -0.353 e. The average Bonchev–Trinajstić information content (AvgIpc) is 2.19. The van der Waals surface area contributed by atoms with E-state index in [4.69, 9.17) is 0 Å². The molecule has 1 aromatic rings. The minimum atomic E-state index is 0.700. The molecule has 0 amide bonds. The predicted molar refractivity (Wildman–Crippen MR) is 75.5 cm³/mol. The Morgan fingerprint density at radius 3 is 2.75 bits per heavy atom. The molecule has 1 saturated carbocycles. The van der Waals surface area contributed by atoms with Gasteiger partial charge in [0.2, 0.25) is 0 Å². The zero-order valence-electron chi connectivity index (χ0n) is 9.42. The number of anilines is 1. The van der Waals surface area contributed by atoms with Gasteiger partial charge in [0.1, 0.15) is 5.82 Å². The highest BCUT2D eigenvalue weighted by molar-refractivity contribution is 9.10. The van der Waals surface area contributed by atoms with Crippen LogP contribution in [0, 0.1) is 6.92 Å². The molecule has 1 heterocycles. The normalized spacial score (nSPS) is 15.9. The first-order valence-electron chi connectivity index (χ1n) is 5.67. The zero-order valence-corrected chi connectivity index (χ0v) is 12.6. The number of rotatable bonds is 4. The van der Waals surface area contributed by atoms with Crippen molar-refractivity contribution < 1.29 is 0 Å². The molecule has 4 heteroatoms. The van der Waals surface area contributed by atoms with Crippen molar-refractivity contribution in [1.29, 1.82) is 0 Å². The number of halogens is 2. The Morgan fingerprint density at radius 1 is 1.50 bits per heavy atom. The Kier molecular flexibility index (Phi) is 4.25. The number of aryl methyl sites for hydroxylation is 1. The van der Waals surface area contributed by atoms with E-state index in [1.54, 1.807) is 0 Å². The van der Waals surface area contributed by atoms with Gasteiger partial charge in [-0.15, -0.1) is 0 Å². The molecule has 0 aliphatic heterocycles. The molecule has 1 aliphatic rings. The van der Waals surface area contributed by atoms with Gasteiger partial charge >= 0.3 is 0 Å². The van der Waals surface area contributed by atoms with Crippen LogP contribution >= 0.6 is 31.9 Å². The van der Waals surface area contributed by atoms with Gasteiger partial charge in [-0.1, -0.05) is 15.9 Å². The number of pyridine rings is 1. The van der Waals surface area contributed by atoms with Gasteiger partial charge in [-0.3, -0.25) is 0 Å². The lowest BCUT2D eigenvalue weighted by molar-refractivity contribution is 0.389. The summed E-state index contributed by atoms with van der Waals surface area (Å²) in [5, 5.41) is 1.00. The van der Waals surface area contributed by atoms with E-state index in [0.717, 1.165) is 22.2 Å². The van der Waals surface area contributed by atoms with Crippen LogP contribution < -0.4 is 4.90 Å². The van der Waals surface area contributed by atoms with Crippen molar-refractivity contribution in [2.24, 2.45) is 0 Å². The van der Waals surface area contributed by atoms with E-state index in [9.17, 15) is 0 Å². The molecule has 1 fully saturated rings. The molecule has 1 aliphatic carbocycles. The molecule has 0 atom stereocenters. The first kappa shape index (κ1) is 12.4. The second-order valence-electron chi connectivity index (χ2n) is 4.26. The molecular weight excluding hydrogens is 332 g/mol. The lowest BCUT2D eigenvalue weighted by Crippen LogP contribution is -2.41. The van der Waals surface area contributed by atoms with Crippen LogP contribution in [0.5, 0.6) is 0 Å². The summed E-state index contributed by atoms with van der Waals surface area (Å²) in [5.41, 5.74) is 1.25. The zero-order chi connectivity index (χ0) is 11.5. The molecule has 0 N–H and O–H groups in total. The van der Waals surface area contributed by atoms with Gasteiger partial charge in [0, 0.05) is 28.6 Å². The van der Waals surface area contributed by atoms with Gasteiger partial charge in [-0.05, 0) is 53.7 Å². The summed E-state index contributed by atoms with van der Waals surface area (Å²) in [6, 6.07) is 2.87. The van der Waals surface area contributed by atoms with Crippen LogP contribution in [-0.4, -0.2) is 22.9 Å². The van der Waals surface area contributed by atoms with Crippen LogP contribution in [-0.2, 0) is 0 Å². The van der Waals surface area contributed by atoms with Crippen LogP contribution in [0.4, 0.5) is 5.82 Å². The molecule has 0 radical (unpaired) electrons. The monoisotopic (exact) mass is 346 g/mol.